The normalized spacial score (nSPS) is 26.7. The number of esters is 1. The van der Waals surface area contributed by atoms with E-state index in [1.165, 1.54) is 24.3 Å². The number of benzene rings is 2. The highest BCUT2D eigenvalue weighted by atomic mass is 19.4. The standard InChI is InChI=1S/C30H33F3O4/c1-18-20-12-15-36-23(20)17-22-21(18)16-24(25-27(2,3)13-9-14-28(22,25)4)37-26(34)29(35-5,30(31,32)33)19-10-7-6-8-11-19/h6-8,10-12,15,17,24-25H,9,13-14,16H2,1-5H3/t24-,25-,28+,29+/m0/s1. The first-order valence-corrected chi connectivity index (χ1v) is 12.8. The van der Waals surface area contributed by atoms with Crippen molar-refractivity contribution < 1.29 is 31.9 Å². The number of fused-ring (bicyclic) bond motifs is 4. The van der Waals surface area contributed by atoms with Gasteiger partial charge >= 0.3 is 12.1 Å². The Kier molecular flexibility index (Phi) is 6.02. The first-order valence-electron chi connectivity index (χ1n) is 12.8. The first kappa shape index (κ1) is 25.8. The first-order chi connectivity index (χ1) is 17.4. The van der Waals surface area contributed by atoms with Gasteiger partial charge in [-0.25, -0.2) is 4.79 Å². The molecule has 0 amide bonds. The second-order valence-corrected chi connectivity index (χ2v) is 11.5. The van der Waals surface area contributed by atoms with Crippen molar-refractivity contribution in [3.05, 3.63) is 71.0 Å². The molecule has 2 aliphatic carbocycles. The Morgan fingerprint density at radius 3 is 2.43 bits per heavy atom. The van der Waals surface area contributed by atoms with E-state index in [-0.39, 0.29) is 16.9 Å². The number of hydrogen-bond acceptors (Lipinski definition) is 4. The van der Waals surface area contributed by atoms with E-state index in [1.807, 2.05) is 13.0 Å². The van der Waals surface area contributed by atoms with Crippen molar-refractivity contribution in [2.45, 2.75) is 76.7 Å². The molecule has 4 atom stereocenters. The second kappa shape index (κ2) is 8.62. The zero-order valence-corrected chi connectivity index (χ0v) is 21.9. The van der Waals surface area contributed by atoms with Crippen LogP contribution in [0.1, 0.15) is 62.3 Å². The van der Waals surface area contributed by atoms with Crippen LogP contribution in [0.3, 0.4) is 0 Å². The number of methoxy groups -OCH3 is 1. The van der Waals surface area contributed by atoms with E-state index >= 15 is 0 Å². The van der Waals surface area contributed by atoms with Gasteiger partial charge in [0.05, 0.1) is 6.26 Å². The summed E-state index contributed by atoms with van der Waals surface area (Å²) < 4.78 is 60.7. The molecule has 7 heteroatoms. The van der Waals surface area contributed by atoms with Crippen LogP contribution in [-0.2, 0) is 31.7 Å². The van der Waals surface area contributed by atoms with E-state index in [0.29, 0.717) is 6.42 Å². The van der Waals surface area contributed by atoms with E-state index in [4.69, 9.17) is 13.9 Å². The molecule has 0 spiro atoms. The van der Waals surface area contributed by atoms with E-state index in [1.54, 1.807) is 12.3 Å². The molecule has 0 N–H and O–H groups in total. The minimum Gasteiger partial charge on any atom is -0.464 e. The van der Waals surface area contributed by atoms with E-state index in [0.717, 1.165) is 54.0 Å². The van der Waals surface area contributed by atoms with E-state index < -0.39 is 29.3 Å². The maximum absolute atomic E-state index is 14.6. The molecule has 0 aliphatic heterocycles. The fourth-order valence-corrected chi connectivity index (χ4v) is 7.43. The number of hydrogen-bond donors (Lipinski definition) is 0. The maximum atomic E-state index is 14.6. The van der Waals surface area contributed by atoms with Crippen LogP contribution in [0.15, 0.2) is 53.1 Å². The number of carbonyl (C=O) groups is 1. The molecule has 37 heavy (non-hydrogen) atoms. The maximum Gasteiger partial charge on any atom is 0.432 e. The van der Waals surface area contributed by atoms with Gasteiger partial charge in [0.15, 0.2) is 0 Å². The minimum absolute atomic E-state index is 0.185. The Morgan fingerprint density at radius 2 is 1.78 bits per heavy atom. The quantitative estimate of drug-likeness (QED) is 0.341. The molecule has 0 unspecified atom stereocenters. The molecule has 1 saturated carbocycles. The smallest absolute Gasteiger partial charge is 0.432 e. The fraction of sp³-hybridized carbons (Fsp3) is 0.500. The van der Waals surface area contributed by atoms with Crippen LogP contribution in [0, 0.1) is 18.3 Å². The summed E-state index contributed by atoms with van der Waals surface area (Å²) >= 11 is 0. The third-order valence-corrected chi connectivity index (χ3v) is 9.02. The monoisotopic (exact) mass is 514 g/mol. The highest BCUT2D eigenvalue weighted by molar-refractivity contribution is 5.85. The fourth-order valence-electron chi connectivity index (χ4n) is 7.43. The van der Waals surface area contributed by atoms with Crippen LogP contribution >= 0.6 is 0 Å². The van der Waals surface area contributed by atoms with E-state index in [2.05, 4.69) is 26.8 Å². The summed E-state index contributed by atoms with van der Waals surface area (Å²) in [4.78, 5) is 13.7. The Bertz CT molecular complexity index is 1330. The van der Waals surface area contributed by atoms with Crippen LogP contribution in [0.5, 0.6) is 0 Å². The molecular weight excluding hydrogens is 481 g/mol. The number of rotatable bonds is 4. The lowest BCUT2D eigenvalue weighted by atomic mass is 9.49. The van der Waals surface area contributed by atoms with Crippen molar-refractivity contribution in [2.24, 2.45) is 11.3 Å². The molecule has 0 bridgehead atoms. The van der Waals surface area contributed by atoms with Gasteiger partial charge in [0.25, 0.3) is 5.60 Å². The highest BCUT2D eigenvalue weighted by Crippen LogP contribution is 2.59. The van der Waals surface area contributed by atoms with Gasteiger partial charge in [-0.3, -0.25) is 0 Å². The lowest BCUT2D eigenvalue weighted by Crippen LogP contribution is -2.58. The lowest BCUT2D eigenvalue weighted by molar-refractivity contribution is -0.280. The summed E-state index contributed by atoms with van der Waals surface area (Å²) in [5.41, 5.74) is -0.181. The molecule has 0 radical (unpaired) electrons. The van der Waals surface area contributed by atoms with Crippen molar-refractivity contribution in [3.8, 4) is 0 Å². The Balaban J connectivity index is 1.65. The lowest BCUT2D eigenvalue weighted by Gasteiger charge is -2.57. The summed E-state index contributed by atoms with van der Waals surface area (Å²) in [6.45, 7) is 8.43. The van der Waals surface area contributed by atoms with Crippen molar-refractivity contribution in [3.63, 3.8) is 0 Å². The number of halogens is 3. The molecule has 1 heterocycles. The Hall–Kier alpha value is -2.80. The summed E-state index contributed by atoms with van der Waals surface area (Å²) in [6.07, 6.45) is -1.05. The van der Waals surface area contributed by atoms with Gasteiger partial charge in [-0.05, 0) is 59.4 Å². The average Bonchev–Trinajstić information content (AvgIpc) is 3.29. The molecule has 4 nitrogen and oxygen atoms in total. The average molecular weight is 515 g/mol. The molecule has 2 aromatic carbocycles. The van der Waals surface area contributed by atoms with E-state index in [9.17, 15) is 18.0 Å². The molecule has 1 fully saturated rings. The number of ether oxygens (including phenoxy) is 2. The number of alkyl halides is 3. The summed E-state index contributed by atoms with van der Waals surface area (Å²) in [6, 6.07) is 11.0. The SMILES string of the molecule is CO[C@@](C(=O)O[C@H]1Cc2c(cc3occc3c2C)[C@@]2(C)CCCC(C)(C)[C@H]12)(c1ccccc1)C(F)(F)F. The summed E-state index contributed by atoms with van der Waals surface area (Å²) in [7, 11) is 0.909. The zero-order valence-electron chi connectivity index (χ0n) is 21.9. The highest BCUT2D eigenvalue weighted by Gasteiger charge is 2.65. The molecule has 5 rings (SSSR count). The van der Waals surface area contributed by atoms with Crippen molar-refractivity contribution in [1.82, 2.24) is 0 Å². The van der Waals surface area contributed by atoms with Gasteiger partial charge in [-0.15, -0.1) is 0 Å². The van der Waals surface area contributed by atoms with Crippen LogP contribution in [0.2, 0.25) is 0 Å². The van der Waals surface area contributed by atoms with Crippen LogP contribution in [0.4, 0.5) is 13.2 Å². The molecule has 0 saturated heterocycles. The van der Waals surface area contributed by atoms with Crippen molar-refractivity contribution in [1.29, 1.82) is 0 Å². The van der Waals surface area contributed by atoms with Gasteiger partial charge in [-0.1, -0.05) is 57.5 Å². The van der Waals surface area contributed by atoms with Crippen LogP contribution < -0.4 is 0 Å². The van der Waals surface area contributed by atoms with Gasteiger partial charge in [0, 0.05) is 30.4 Å². The molecule has 198 valence electrons. The molecule has 2 aliphatic rings. The topological polar surface area (TPSA) is 48.7 Å². The molecule has 1 aromatic heterocycles. The van der Waals surface area contributed by atoms with Crippen molar-refractivity contribution >= 4 is 16.9 Å². The predicted octanol–water partition coefficient (Wildman–Crippen LogP) is 7.40. The number of furan rings is 1. The summed E-state index contributed by atoms with van der Waals surface area (Å²) in [5.74, 6) is -1.61. The van der Waals surface area contributed by atoms with Gasteiger partial charge < -0.3 is 13.9 Å². The molecule has 3 aromatic rings. The van der Waals surface area contributed by atoms with Gasteiger partial charge in [-0.2, -0.15) is 13.2 Å². The Labute approximate surface area is 215 Å². The van der Waals surface area contributed by atoms with Crippen LogP contribution in [0.25, 0.3) is 11.0 Å². The zero-order chi connectivity index (χ0) is 26.8. The van der Waals surface area contributed by atoms with Crippen molar-refractivity contribution in [2.75, 3.05) is 7.11 Å². The van der Waals surface area contributed by atoms with Gasteiger partial charge in [0.2, 0.25) is 0 Å². The van der Waals surface area contributed by atoms with Gasteiger partial charge in [0.1, 0.15) is 11.7 Å². The third kappa shape index (κ3) is 3.72. The number of aryl methyl sites for hydroxylation is 1. The second-order valence-electron chi connectivity index (χ2n) is 11.5. The van der Waals surface area contributed by atoms with Crippen LogP contribution in [-0.4, -0.2) is 25.4 Å². The summed E-state index contributed by atoms with van der Waals surface area (Å²) in [5, 5.41) is 0.965. The Morgan fingerprint density at radius 1 is 1.08 bits per heavy atom. The molecular formula is C30H33F3O4. The minimum atomic E-state index is -5.02. The third-order valence-electron chi connectivity index (χ3n) is 9.02. The largest absolute Gasteiger partial charge is 0.464 e. The number of carbonyl (C=O) groups excluding carboxylic acids is 1. The predicted molar refractivity (Wildman–Crippen MR) is 134 cm³/mol.